The fourth-order valence-electron chi connectivity index (χ4n) is 2.85. The monoisotopic (exact) mass is 278 g/mol. The first-order valence-electron chi connectivity index (χ1n) is 7.36. The highest BCUT2D eigenvalue weighted by Gasteiger charge is 2.18. The molecule has 20 heavy (non-hydrogen) atoms. The second-order valence-electron chi connectivity index (χ2n) is 5.60. The van der Waals surface area contributed by atoms with E-state index >= 15 is 0 Å². The Bertz CT molecular complexity index is 442. The van der Waals surface area contributed by atoms with Gasteiger partial charge in [-0.25, -0.2) is 0 Å². The first kappa shape index (κ1) is 15.0. The van der Waals surface area contributed by atoms with Gasteiger partial charge in [-0.3, -0.25) is 0 Å². The molecule has 2 N–H and O–H groups in total. The number of anilines is 1. The fourth-order valence-corrected chi connectivity index (χ4v) is 2.85. The molecule has 1 fully saturated rings. The van der Waals surface area contributed by atoms with Crippen LogP contribution in [0.2, 0.25) is 0 Å². The highest BCUT2D eigenvalue weighted by Crippen LogP contribution is 2.33. The van der Waals surface area contributed by atoms with Crippen LogP contribution in [0.3, 0.4) is 0 Å². The van der Waals surface area contributed by atoms with Crippen LogP contribution in [-0.4, -0.2) is 32.8 Å². The van der Waals surface area contributed by atoms with E-state index in [1.807, 2.05) is 12.1 Å². The minimum Gasteiger partial charge on any atom is -0.493 e. The molecule has 0 bridgehead atoms. The van der Waals surface area contributed by atoms with Crippen molar-refractivity contribution in [3.63, 3.8) is 0 Å². The highest BCUT2D eigenvalue weighted by molar-refractivity contribution is 5.60. The van der Waals surface area contributed by atoms with Crippen molar-refractivity contribution in [1.29, 1.82) is 0 Å². The molecular weight excluding hydrogens is 252 g/mol. The lowest BCUT2D eigenvalue weighted by Gasteiger charge is -2.21. The van der Waals surface area contributed by atoms with Gasteiger partial charge >= 0.3 is 0 Å². The van der Waals surface area contributed by atoms with Gasteiger partial charge in [0.05, 0.1) is 14.2 Å². The lowest BCUT2D eigenvalue weighted by molar-refractivity contribution is 0.355. The molecule has 2 atom stereocenters. The van der Waals surface area contributed by atoms with Crippen LogP contribution in [0.1, 0.15) is 31.7 Å². The van der Waals surface area contributed by atoms with Gasteiger partial charge in [0.2, 0.25) is 0 Å². The second-order valence-corrected chi connectivity index (χ2v) is 5.60. The van der Waals surface area contributed by atoms with E-state index in [0.29, 0.717) is 12.1 Å². The topological polar surface area (TPSA) is 42.5 Å². The van der Waals surface area contributed by atoms with Gasteiger partial charge in [0, 0.05) is 23.8 Å². The number of hydrogen-bond donors (Lipinski definition) is 2. The summed E-state index contributed by atoms with van der Waals surface area (Å²) in [6.45, 7) is 5.48. The van der Waals surface area contributed by atoms with E-state index in [1.165, 1.54) is 18.4 Å². The van der Waals surface area contributed by atoms with Gasteiger partial charge < -0.3 is 20.1 Å². The average Bonchev–Trinajstić information content (AvgIpc) is 2.93. The van der Waals surface area contributed by atoms with Gasteiger partial charge in [-0.05, 0) is 51.3 Å². The Morgan fingerprint density at radius 2 is 2.00 bits per heavy atom. The van der Waals surface area contributed by atoms with Crippen molar-refractivity contribution in [1.82, 2.24) is 5.32 Å². The number of nitrogens with one attached hydrogen (secondary N) is 2. The van der Waals surface area contributed by atoms with Gasteiger partial charge in [0.25, 0.3) is 0 Å². The molecule has 112 valence electrons. The molecule has 4 heteroatoms. The smallest absolute Gasteiger partial charge is 0.162 e. The Labute approximate surface area is 121 Å². The maximum atomic E-state index is 5.37. The fraction of sp³-hybridized carbons (Fsp3) is 0.625. The van der Waals surface area contributed by atoms with E-state index in [9.17, 15) is 0 Å². The van der Waals surface area contributed by atoms with Crippen LogP contribution in [0, 0.1) is 6.92 Å². The molecule has 1 aliphatic heterocycles. The van der Waals surface area contributed by atoms with E-state index in [2.05, 4.69) is 24.5 Å². The molecule has 1 aliphatic rings. The summed E-state index contributed by atoms with van der Waals surface area (Å²) in [7, 11) is 3.33. The van der Waals surface area contributed by atoms with E-state index in [0.717, 1.165) is 30.2 Å². The Morgan fingerprint density at radius 1 is 1.30 bits per heavy atom. The van der Waals surface area contributed by atoms with E-state index in [-0.39, 0.29) is 0 Å². The molecule has 1 aromatic carbocycles. The molecule has 0 spiro atoms. The lowest BCUT2D eigenvalue weighted by atomic mass is 10.1. The molecule has 1 aromatic rings. The van der Waals surface area contributed by atoms with Gasteiger partial charge in [0.15, 0.2) is 11.5 Å². The van der Waals surface area contributed by atoms with Crippen molar-refractivity contribution in [2.75, 3.05) is 26.1 Å². The third kappa shape index (κ3) is 3.57. The molecule has 0 aliphatic carbocycles. The van der Waals surface area contributed by atoms with Crippen LogP contribution in [0.15, 0.2) is 12.1 Å². The summed E-state index contributed by atoms with van der Waals surface area (Å²) in [6.07, 6.45) is 3.73. The van der Waals surface area contributed by atoms with E-state index in [1.54, 1.807) is 14.2 Å². The summed E-state index contributed by atoms with van der Waals surface area (Å²) in [4.78, 5) is 0. The van der Waals surface area contributed by atoms with Gasteiger partial charge in [0.1, 0.15) is 0 Å². The third-order valence-electron chi connectivity index (χ3n) is 3.93. The maximum Gasteiger partial charge on any atom is 0.162 e. The summed E-state index contributed by atoms with van der Waals surface area (Å²) in [5, 5.41) is 7.13. The molecule has 2 rings (SSSR count). The van der Waals surface area contributed by atoms with E-state index in [4.69, 9.17) is 9.47 Å². The first-order chi connectivity index (χ1) is 9.63. The Hall–Kier alpha value is -1.42. The predicted octanol–water partition coefficient (Wildman–Crippen LogP) is 2.95. The average molecular weight is 278 g/mol. The van der Waals surface area contributed by atoms with Crippen LogP contribution in [-0.2, 0) is 0 Å². The number of rotatable bonds is 6. The predicted molar refractivity (Wildman–Crippen MR) is 83.0 cm³/mol. The van der Waals surface area contributed by atoms with Crippen molar-refractivity contribution >= 4 is 5.69 Å². The Balaban J connectivity index is 2.03. The van der Waals surface area contributed by atoms with Crippen molar-refractivity contribution in [3.05, 3.63) is 17.7 Å². The van der Waals surface area contributed by atoms with Crippen molar-refractivity contribution in [2.45, 2.75) is 45.2 Å². The molecule has 0 amide bonds. The molecular formula is C16H26N2O2. The van der Waals surface area contributed by atoms with Crippen LogP contribution in [0.5, 0.6) is 11.5 Å². The Morgan fingerprint density at radius 3 is 2.60 bits per heavy atom. The molecule has 1 heterocycles. The maximum absolute atomic E-state index is 5.37. The van der Waals surface area contributed by atoms with Crippen LogP contribution >= 0.6 is 0 Å². The molecule has 1 saturated heterocycles. The molecule has 0 saturated carbocycles. The number of aryl methyl sites for hydroxylation is 1. The number of hydrogen-bond acceptors (Lipinski definition) is 4. The largest absolute Gasteiger partial charge is 0.493 e. The zero-order valence-electron chi connectivity index (χ0n) is 13.0. The summed E-state index contributed by atoms with van der Waals surface area (Å²) in [5.74, 6) is 1.55. The van der Waals surface area contributed by atoms with Crippen molar-refractivity contribution in [3.8, 4) is 11.5 Å². The highest BCUT2D eigenvalue weighted by atomic mass is 16.5. The number of ether oxygens (including phenoxy) is 2. The third-order valence-corrected chi connectivity index (χ3v) is 3.93. The summed E-state index contributed by atoms with van der Waals surface area (Å²) in [6, 6.07) is 5.12. The van der Waals surface area contributed by atoms with Crippen molar-refractivity contribution in [2.24, 2.45) is 0 Å². The zero-order chi connectivity index (χ0) is 14.5. The summed E-state index contributed by atoms with van der Waals surface area (Å²) in [5.41, 5.74) is 2.29. The SMILES string of the molecule is COc1cc(C)c(NC(C)CC2CCCN2)cc1OC. The van der Waals surface area contributed by atoms with E-state index < -0.39 is 0 Å². The van der Waals surface area contributed by atoms with Gasteiger partial charge in [-0.1, -0.05) is 0 Å². The molecule has 0 aromatic heterocycles. The molecule has 4 nitrogen and oxygen atoms in total. The quantitative estimate of drug-likeness (QED) is 0.839. The van der Waals surface area contributed by atoms with Crippen LogP contribution < -0.4 is 20.1 Å². The minimum absolute atomic E-state index is 0.433. The Kier molecular flexibility index (Phi) is 5.12. The first-order valence-corrected chi connectivity index (χ1v) is 7.36. The standard InChI is InChI=1S/C16H26N2O2/c1-11-8-15(19-3)16(20-4)10-14(11)18-12(2)9-13-6-5-7-17-13/h8,10,12-13,17-18H,5-7,9H2,1-4H3. The second kappa shape index (κ2) is 6.84. The van der Waals surface area contributed by atoms with Crippen LogP contribution in [0.4, 0.5) is 5.69 Å². The zero-order valence-corrected chi connectivity index (χ0v) is 13.0. The summed E-state index contributed by atoms with van der Waals surface area (Å²) < 4.78 is 10.7. The number of methoxy groups -OCH3 is 2. The van der Waals surface area contributed by atoms with Crippen LogP contribution in [0.25, 0.3) is 0 Å². The minimum atomic E-state index is 0.433. The molecule has 2 unspecified atom stereocenters. The normalized spacial score (nSPS) is 19.7. The van der Waals surface area contributed by atoms with Gasteiger partial charge in [-0.2, -0.15) is 0 Å². The molecule has 0 radical (unpaired) electrons. The van der Waals surface area contributed by atoms with Gasteiger partial charge in [-0.15, -0.1) is 0 Å². The summed E-state index contributed by atoms with van der Waals surface area (Å²) >= 11 is 0. The van der Waals surface area contributed by atoms with Crippen molar-refractivity contribution < 1.29 is 9.47 Å². The lowest BCUT2D eigenvalue weighted by Crippen LogP contribution is -2.29. The number of benzene rings is 1.